The van der Waals surface area contributed by atoms with Gasteiger partial charge in [0.1, 0.15) is 0 Å². The first-order chi connectivity index (χ1) is 8.31. The Kier molecular flexibility index (Phi) is 5.45. The van der Waals surface area contributed by atoms with Crippen LogP contribution in [0.1, 0.15) is 59.3 Å². The molecule has 0 spiro atoms. The molecule has 0 heterocycles. The van der Waals surface area contributed by atoms with Crippen molar-refractivity contribution in [1.29, 1.82) is 0 Å². The first-order valence-corrected chi connectivity index (χ1v) is 7.05. The molecule has 0 saturated heterocycles. The van der Waals surface area contributed by atoms with Gasteiger partial charge in [0.05, 0.1) is 5.60 Å². The molecule has 4 nitrogen and oxygen atoms in total. The third-order valence-electron chi connectivity index (χ3n) is 3.50. The van der Waals surface area contributed by atoms with Crippen molar-refractivity contribution in [1.82, 2.24) is 10.6 Å². The number of urea groups is 1. The van der Waals surface area contributed by atoms with Crippen molar-refractivity contribution in [3.8, 4) is 0 Å². The molecule has 0 unspecified atom stereocenters. The summed E-state index contributed by atoms with van der Waals surface area (Å²) in [6.45, 7) is 7.77. The van der Waals surface area contributed by atoms with Gasteiger partial charge in [-0.1, -0.05) is 27.2 Å². The molecule has 0 aliphatic heterocycles. The number of hydrogen-bond acceptors (Lipinski definition) is 2. The number of aliphatic hydroxyl groups is 1. The van der Waals surface area contributed by atoms with E-state index < -0.39 is 5.60 Å². The van der Waals surface area contributed by atoms with E-state index in [2.05, 4.69) is 31.4 Å². The van der Waals surface area contributed by atoms with Crippen LogP contribution in [0.2, 0.25) is 0 Å². The molecular formula is C14H28N2O2. The summed E-state index contributed by atoms with van der Waals surface area (Å²) in [6, 6.07) is -0.161. The van der Waals surface area contributed by atoms with Crippen molar-refractivity contribution in [2.24, 2.45) is 5.41 Å². The molecule has 1 rings (SSSR count). The number of rotatable bonds is 6. The van der Waals surface area contributed by atoms with Crippen LogP contribution < -0.4 is 10.6 Å². The van der Waals surface area contributed by atoms with Gasteiger partial charge in [0.2, 0.25) is 0 Å². The highest BCUT2D eigenvalue weighted by Crippen LogP contribution is 2.30. The molecule has 0 aromatic rings. The number of carbonyl (C=O) groups is 1. The zero-order valence-electron chi connectivity index (χ0n) is 12.0. The summed E-state index contributed by atoms with van der Waals surface area (Å²) < 4.78 is 0. The zero-order chi connectivity index (χ0) is 13.6. The maximum absolute atomic E-state index is 11.5. The summed E-state index contributed by atoms with van der Waals surface area (Å²) >= 11 is 0. The molecule has 1 fully saturated rings. The van der Waals surface area contributed by atoms with Crippen LogP contribution in [0.3, 0.4) is 0 Å². The topological polar surface area (TPSA) is 61.4 Å². The van der Waals surface area contributed by atoms with E-state index >= 15 is 0 Å². The Hall–Kier alpha value is -0.770. The Morgan fingerprint density at radius 1 is 1.22 bits per heavy atom. The number of amides is 2. The van der Waals surface area contributed by atoms with Gasteiger partial charge in [0, 0.05) is 13.1 Å². The molecule has 0 atom stereocenters. The van der Waals surface area contributed by atoms with Crippen molar-refractivity contribution < 1.29 is 9.90 Å². The second-order valence-corrected chi connectivity index (χ2v) is 6.71. The van der Waals surface area contributed by atoms with Crippen LogP contribution in [-0.4, -0.2) is 29.8 Å². The summed E-state index contributed by atoms with van der Waals surface area (Å²) in [7, 11) is 0. The smallest absolute Gasteiger partial charge is 0.314 e. The number of carbonyl (C=O) groups excluding carboxylic acids is 1. The van der Waals surface area contributed by atoms with Gasteiger partial charge in [-0.2, -0.15) is 0 Å². The van der Waals surface area contributed by atoms with Crippen LogP contribution in [-0.2, 0) is 0 Å². The van der Waals surface area contributed by atoms with Gasteiger partial charge in [-0.25, -0.2) is 4.79 Å². The first kappa shape index (κ1) is 15.3. The van der Waals surface area contributed by atoms with E-state index in [0.717, 1.165) is 32.1 Å². The fraction of sp³-hybridized carbons (Fsp3) is 0.929. The van der Waals surface area contributed by atoms with Crippen LogP contribution >= 0.6 is 0 Å². The summed E-state index contributed by atoms with van der Waals surface area (Å²) in [5.41, 5.74) is -0.265. The van der Waals surface area contributed by atoms with E-state index in [-0.39, 0.29) is 6.03 Å². The van der Waals surface area contributed by atoms with E-state index in [1.807, 2.05) is 0 Å². The predicted octanol–water partition coefficient (Wildman–Crippen LogP) is 2.42. The Morgan fingerprint density at radius 3 is 2.39 bits per heavy atom. The average molecular weight is 256 g/mol. The van der Waals surface area contributed by atoms with E-state index in [1.54, 1.807) is 0 Å². The van der Waals surface area contributed by atoms with Gasteiger partial charge in [0.25, 0.3) is 0 Å². The molecule has 1 saturated carbocycles. The van der Waals surface area contributed by atoms with E-state index in [4.69, 9.17) is 0 Å². The van der Waals surface area contributed by atoms with Gasteiger partial charge in [0.15, 0.2) is 0 Å². The van der Waals surface area contributed by atoms with Gasteiger partial charge in [-0.3, -0.25) is 0 Å². The summed E-state index contributed by atoms with van der Waals surface area (Å²) in [5, 5.41) is 15.4. The Bertz CT molecular complexity index is 267. The summed E-state index contributed by atoms with van der Waals surface area (Å²) in [5.74, 6) is 0. The average Bonchev–Trinajstić information content (AvgIpc) is 2.21. The van der Waals surface area contributed by atoms with Gasteiger partial charge < -0.3 is 15.7 Å². The second kappa shape index (κ2) is 6.41. The minimum absolute atomic E-state index is 0.161. The van der Waals surface area contributed by atoms with Crippen LogP contribution in [0.25, 0.3) is 0 Å². The highest BCUT2D eigenvalue weighted by molar-refractivity contribution is 5.73. The largest absolute Gasteiger partial charge is 0.388 e. The first-order valence-electron chi connectivity index (χ1n) is 7.05. The van der Waals surface area contributed by atoms with Crippen LogP contribution in [0.4, 0.5) is 4.79 Å². The minimum Gasteiger partial charge on any atom is -0.388 e. The molecule has 106 valence electrons. The third-order valence-corrected chi connectivity index (χ3v) is 3.50. The molecule has 0 bridgehead atoms. The van der Waals surface area contributed by atoms with Gasteiger partial charge in [-0.05, 0) is 37.5 Å². The van der Waals surface area contributed by atoms with Crippen molar-refractivity contribution in [3.05, 3.63) is 0 Å². The minimum atomic E-state index is -0.635. The van der Waals surface area contributed by atoms with E-state index in [1.165, 1.54) is 6.42 Å². The standard InChI is InChI=1S/C14H28N2O2/c1-13(2,3)7-4-5-10-15-12(17)16-11-14(18)8-6-9-14/h18H,4-11H2,1-3H3,(H2,15,16,17). The number of hydrogen-bond donors (Lipinski definition) is 3. The normalized spacial score (nSPS) is 18.0. The molecule has 1 aliphatic rings. The lowest BCUT2D eigenvalue weighted by molar-refractivity contribution is -0.0290. The Morgan fingerprint density at radius 2 is 1.89 bits per heavy atom. The van der Waals surface area contributed by atoms with Crippen molar-refractivity contribution >= 4 is 6.03 Å². The lowest BCUT2D eigenvalue weighted by Gasteiger charge is -2.36. The molecule has 1 aliphatic carbocycles. The molecule has 4 heteroatoms. The molecule has 0 aromatic heterocycles. The van der Waals surface area contributed by atoms with Crippen molar-refractivity contribution in [2.75, 3.05) is 13.1 Å². The molecule has 0 aromatic carbocycles. The van der Waals surface area contributed by atoms with Gasteiger partial charge in [-0.15, -0.1) is 0 Å². The lowest BCUT2D eigenvalue weighted by Crippen LogP contribution is -2.50. The van der Waals surface area contributed by atoms with E-state index in [9.17, 15) is 9.90 Å². The molecule has 2 amide bonds. The molecule has 18 heavy (non-hydrogen) atoms. The van der Waals surface area contributed by atoms with Gasteiger partial charge >= 0.3 is 6.03 Å². The molecular weight excluding hydrogens is 228 g/mol. The summed E-state index contributed by atoms with van der Waals surface area (Å²) in [6.07, 6.45) is 5.99. The van der Waals surface area contributed by atoms with Crippen molar-refractivity contribution in [3.63, 3.8) is 0 Å². The third kappa shape index (κ3) is 6.24. The molecule has 0 radical (unpaired) electrons. The van der Waals surface area contributed by atoms with Crippen molar-refractivity contribution in [2.45, 2.75) is 64.9 Å². The van der Waals surface area contributed by atoms with Crippen LogP contribution in [0.15, 0.2) is 0 Å². The zero-order valence-corrected chi connectivity index (χ0v) is 12.0. The van der Waals surface area contributed by atoms with Crippen LogP contribution in [0, 0.1) is 5.41 Å². The highest BCUT2D eigenvalue weighted by Gasteiger charge is 2.34. The molecule has 3 N–H and O–H groups in total. The number of nitrogens with one attached hydrogen (secondary N) is 2. The maximum Gasteiger partial charge on any atom is 0.314 e. The fourth-order valence-corrected chi connectivity index (χ4v) is 2.05. The predicted molar refractivity (Wildman–Crippen MR) is 73.5 cm³/mol. The van der Waals surface area contributed by atoms with E-state index in [0.29, 0.717) is 18.5 Å². The van der Waals surface area contributed by atoms with Crippen LogP contribution in [0.5, 0.6) is 0 Å². The SMILES string of the molecule is CC(C)(C)CCCCNC(=O)NCC1(O)CCC1. The Balaban J connectivity index is 1.97. The monoisotopic (exact) mass is 256 g/mol. The maximum atomic E-state index is 11.5. The quantitative estimate of drug-likeness (QED) is 0.639. The number of unbranched alkanes of at least 4 members (excludes halogenated alkanes) is 1. The fourth-order valence-electron chi connectivity index (χ4n) is 2.05. The lowest BCUT2D eigenvalue weighted by atomic mass is 9.80. The second-order valence-electron chi connectivity index (χ2n) is 6.71. The summed E-state index contributed by atoms with van der Waals surface area (Å²) in [4.78, 5) is 11.5. The Labute approximate surface area is 111 Å². The highest BCUT2D eigenvalue weighted by atomic mass is 16.3.